The van der Waals surface area contributed by atoms with Crippen LogP contribution in [0, 0.1) is 32.9 Å². The van der Waals surface area contributed by atoms with Crippen molar-refractivity contribution in [3.05, 3.63) is 121 Å². The lowest BCUT2D eigenvalue weighted by Crippen LogP contribution is -2.31. The molecule has 13 nitrogen and oxygen atoms in total. The van der Waals surface area contributed by atoms with Crippen LogP contribution in [0.25, 0.3) is 66.6 Å². The highest BCUT2D eigenvalue weighted by Gasteiger charge is 2.35. The van der Waals surface area contributed by atoms with E-state index in [0.717, 1.165) is 102 Å². The van der Waals surface area contributed by atoms with Crippen LogP contribution >= 0.6 is 0 Å². The predicted molar refractivity (Wildman–Crippen MR) is 199 cm³/mol. The fourth-order valence-electron chi connectivity index (χ4n) is 7.60. The molecule has 0 radical (unpaired) electrons. The number of fused-ring (bicyclic) bond motifs is 2. The number of aryl methyl sites for hydroxylation is 4. The van der Waals surface area contributed by atoms with E-state index >= 15 is 0 Å². The van der Waals surface area contributed by atoms with Crippen molar-refractivity contribution < 1.29 is 13.8 Å². The van der Waals surface area contributed by atoms with Crippen molar-refractivity contribution in [2.24, 2.45) is 0 Å². The minimum absolute atomic E-state index is 0.214. The highest BCUT2D eigenvalue weighted by Crippen LogP contribution is 2.46. The van der Waals surface area contributed by atoms with E-state index < -0.39 is 0 Å². The van der Waals surface area contributed by atoms with Crippen molar-refractivity contribution in [1.29, 1.82) is 0 Å². The molecular weight excluding hydrogens is 672 g/mol. The Hall–Kier alpha value is -6.50. The first-order valence-corrected chi connectivity index (χ1v) is 17.7. The van der Waals surface area contributed by atoms with Gasteiger partial charge in [0.2, 0.25) is 5.69 Å². The van der Waals surface area contributed by atoms with Crippen molar-refractivity contribution in [1.82, 2.24) is 35.2 Å². The number of pyridine rings is 2. The van der Waals surface area contributed by atoms with Gasteiger partial charge >= 0.3 is 11.4 Å². The van der Waals surface area contributed by atoms with Crippen molar-refractivity contribution in [2.45, 2.75) is 65.2 Å². The lowest BCUT2D eigenvalue weighted by atomic mass is 9.95. The van der Waals surface area contributed by atoms with Gasteiger partial charge in [-0.25, -0.2) is 9.59 Å². The number of nitrogens with zero attached hydrogens (tertiary/aromatic N) is 4. The topological polar surface area (TPSA) is 189 Å². The number of rotatable bonds is 6. The van der Waals surface area contributed by atoms with Gasteiger partial charge in [0.15, 0.2) is 6.20 Å². The Morgan fingerprint density at radius 1 is 0.679 bits per heavy atom. The lowest BCUT2D eigenvalue weighted by Gasteiger charge is -2.12. The lowest BCUT2D eigenvalue weighted by molar-refractivity contribution is -0.613. The molecule has 13 heteroatoms. The van der Waals surface area contributed by atoms with Crippen LogP contribution in [0.2, 0.25) is 0 Å². The molecule has 10 rings (SSSR count). The summed E-state index contributed by atoms with van der Waals surface area (Å²) in [6, 6.07) is 15.7. The van der Waals surface area contributed by atoms with E-state index in [0.29, 0.717) is 22.7 Å². The van der Waals surface area contributed by atoms with Crippen LogP contribution in [0.3, 0.4) is 0 Å². The minimum atomic E-state index is -0.277. The highest BCUT2D eigenvalue weighted by atomic mass is 16.5. The molecule has 6 aromatic heterocycles. The quantitative estimate of drug-likeness (QED) is 0.102. The molecule has 2 aromatic carbocycles. The first-order valence-electron chi connectivity index (χ1n) is 17.7. The highest BCUT2D eigenvalue weighted by molar-refractivity contribution is 5.98. The Morgan fingerprint density at radius 3 is 1.72 bits per heavy atom. The number of aromatic nitrogens is 8. The van der Waals surface area contributed by atoms with E-state index in [1.165, 1.54) is 19.0 Å². The monoisotopic (exact) mass is 708 g/mol. The molecule has 53 heavy (non-hydrogen) atoms. The Bertz CT molecular complexity index is 2780. The maximum atomic E-state index is 12.5. The molecule has 0 bridgehead atoms. The molecule has 2 saturated carbocycles. The largest absolute Gasteiger partial charge is 0.618 e. The molecule has 0 aliphatic heterocycles. The van der Waals surface area contributed by atoms with Crippen LogP contribution in [-0.2, 0) is 0 Å². The number of hydrogen-bond donors (Lipinski definition) is 4. The third-order valence-electron chi connectivity index (χ3n) is 10.2. The van der Waals surface area contributed by atoms with Crippen LogP contribution < -0.4 is 16.1 Å². The molecule has 0 spiro atoms. The second-order valence-corrected chi connectivity index (χ2v) is 14.1. The van der Waals surface area contributed by atoms with Gasteiger partial charge in [-0.2, -0.15) is 4.73 Å². The third-order valence-corrected chi connectivity index (χ3v) is 10.2. The number of H-pyrrole nitrogens is 4. The maximum Gasteiger partial charge on any atom is 0.323 e. The Kier molecular flexibility index (Phi) is 7.54. The average molecular weight is 709 g/mol. The third kappa shape index (κ3) is 5.74. The minimum Gasteiger partial charge on any atom is -0.618 e. The van der Waals surface area contributed by atoms with E-state index in [2.05, 4.69) is 47.4 Å². The molecule has 2 aliphatic rings. The molecule has 6 heterocycles. The molecule has 8 aromatic rings. The fourth-order valence-corrected chi connectivity index (χ4v) is 7.60. The van der Waals surface area contributed by atoms with E-state index in [1.807, 2.05) is 64.2 Å². The molecule has 0 saturated heterocycles. The predicted octanol–water partition coefficient (Wildman–Crippen LogP) is 7.37. The normalized spacial score (nSPS) is 14.2. The van der Waals surface area contributed by atoms with Crippen molar-refractivity contribution >= 4 is 22.1 Å². The van der Waals surface area contributed by atoms with Gasteiger partial charge in [-0.3, -0.25) is 4.98 Å². The fraction of sp³-hybridized carbons (Fsp3) is 0.250. The zero-order chi connectivity index (χ0) is 36.5. The maximum absolute atomic E-state index is 12.5. The van der Waals surface area contributed by atoms with Crippen molar-refractivity contribution in [3.63, 3.8) is 0 Å². The van der Waals surface area contributed by atoms with Crippen LogP contribution in [0.4, 0.5) is 0 Å². The Balaban J connectivity index is 0.000000141. The van der Waals surface area contributed by atoms with Crippen LogP contribution in [-0.4, -0.2) is 35.2 Å². The first kappa shape index (κ1) is 32.4. The Morgan fingerprint density at radius 2 is 1.21 bits per heavy atom. The van der Waals surface area contributed by atoms with E-state index in [9.17, 15) is 14.8 Å². The second kappa shape index (κ2) is 12.3. The van der Waals surface area contributed by atoms with Crippen LogP contribution in [0.1, 0.15) is 71.8 Å². The van der Waals surface area contributed by atoms with Crippen molar-refractivity contribution in [2.75, 3.05) is 0 Å². The Labute approximate surface area is 301 Å². The molecule has 266 valence electrons. The second-order valence-electron chi connectivity index (χ2n) is 14.1. The number of hydrogen-bond acceptors (Lipinski definition) is 8. The smallest absolute Gasteiger partial charge is 0.323 e. The molecule has 0 atom stereocenters. The van der Waals surface area contributed by atoms with E-state index in [1.54, 1.807) is 6.07 Å². The van der Waals surface area contributed by atoms with E-state index in [4.69, 9.17) is 9.05 Å². The summed E-state index contributed by atoms with van der Waals surface area (Å²) in [5, 5.41) is 20.6. The SMILES string of the molecule is Cc1noc(C)c1-c1cc(-c2ccc[n+]([O-])c2C2CC2)c2[nH]c(=O)[nH]c2c1.Cc1noc(C)c1-c1cc(-c2cccnc2C2CC2)c2[nH]c(=O)[nH]c2c1. The standard InChI is InChI=1S/C20H18N4O3.C20H18N4O2/c1-10-17(11(2)27-23-10)13-8-15(18-16(9-13)21-20(25)22-18)14-4-3-7-24(26)19(14)12-5-6-12;1-10-17(11(2)26-24-10)13-8-15(19-16(9-13)22-20(25)23-19)14-4-3-7-21-18(14)12-5-6-12/h3-4,7-9,12H,5-6H2,1-2H3,(H2,21,22,25);3-4,7-9,12H,5-6H2,1-2H3,(H2,22,23,25). The summed E-state index contributed by atoms with van der Waals surface area (Å²) in [5.74, 6) is 2.25. The van der Waals surface area contributed by atoms with Gasteiger partial charge in [-0.1, -0.05) is 16.4 Å². The summed E-state index contributed by atoms with van der Waals surface area (Å²) in [6.45, 7) is 7.58. The van der Waals surface area contributed by atoms with Gasteiger partial charge in [-0.05, 0) is 101 Å². The van der Waals surface area contributed by atoms with Gasteiger partial charge in [0, 0.05) is 51.9 Å². The summed E-state index contributed by atoms with van der Waals surface area (Å²) in [5.41, 5.74) is 13.4. The molecule has 2 aliphatic carbocycles. The van der Waals surface area contributed by atoms with Crippen LogP contribution in [0.15, 0.2) is 79.6 Å². The van der Waals surface area contributed by atoms with Crippen molar-refractivity contribution in [3.8, 4) is 44.5 Å². The summed E-state index contributed by atoms with van der Waals surface area (Å²) < 4.78 is 11.6. The van der Waals surface area contributed by atoms with E-state index in [-0.39, 0.29) is 17.3 Å². The summed E-state index contributed by atoms with van der Waals surface area (Å²) in [6.07, 6.45) is 7.73. The molecule has 2 fully saturated rings. The summed E-state index contributed by atoms with van der Waals surface area (Å²) in [4.78, 5) is 40.1. The van der Waals surface area contributed by atoms with Gasteiger partial charge in [0.05, 0.1) is 44.7 Å². The molecule has 0 unspecified atom stereocenters. The molecule has 4 N–H and O–H groups in total. The van der Waals surface area contributed by atoms with Gasteiger partial charge in [0.1, 0.15) is 11.5 Å². The first-order chi connectivity index (χ1) is 25.6. The number of aromatic amines is 4. The number of imidazole rings is 2. The van der Waals surface area contributed by atoms with Gasteiger partial charge in [0.25, 0.3) is 0 Å². The zero-order valence-corrected chi connectivity index (χ0v) is 29.6. The number of nitrogens with one attached hydrogen (secondary N) is 4. The van der Waals surface area contributed by atoms with Gasteiger partial charge < -0.3 is 34.2 Å². The zero-order valence-electron chi connectivity index (χ0n) is 29.6. The average Bonchev–Trinajstić information content (AvgIpc) is 4.03. The van der Waals surface area contributed by atoms with Crippen LogP contribution in [0.5, 0.6) is 0 Å². The molecule has 0 amide bonds. The summed E-state index contributed by atoms with van der Waals surface area (Å²) >= 11 is 0. The molecular formula is C40H36N8O5. The number of benzene rings is 2. The van der Waals surface area contributed by atoms with Gasteiger partial charge in [-0.15, -0.1) is 0 Å². The summed E-state index contributed by atoms with van der Waals surface area (Å²) in [7, 11) is 0.